The Balaban J connectivity index is 2.63. The van der Waals surface area contributed by atoms with Gasteiger partial charge in [0.25, 0.3) is 0 Å². The monoisotopic (exact) mass is 209 g/mol. The van der Waals surface area contributed by atoms with Crippen LogP contribution < -0.4 is 4.74 Å². The molecule has 0 radical (unpaired) electrons. The molecule has 1 aromatic rings. The van der Waals surface area contributed by atoms with E-state index in [0.717, 1.165) is 6.42 Å². The molecule has 1 N–H and O–H groups in total. The lowest BCUT2D eigenvalue weighted by Crippen LogP contribution is -2.07. The smallest absolute Gasteiger partial charge is 0.341 e. The number of rotatable bonds is 5. The minimum absolute atomic E-state index is 0.112. The van der Waals surface area contributed by atoms with Crippen LogP contribution in [0, 0.1) is 5.92 Å². The largest absolute Gasteiger partial charge is 0.477 e. The molecule has 0 aliphatic carbocycles. The van der Waals surface area contributed by atoms with Crippen LogP contribution in [0.15, 0.2) is 18.3 Å². The second-order valence-corrected chi connectivity index (χ2v) is 3.69. The lowest BCUT2D eigenvalue weighted by molar-refractivity contribution is 0.0691. The van der Waals surface area contributed by atoms with Gasteiger partial charge in [-0.2, -0.15) is 0 Å². The van der Waals surface area contributed by atoms with Crippen molar-refractivity contribution in [2.24, 2.45) is 5.92 Å². The maximum Gasteiger partial charge on any atom is 0.341 e. The van der Waals surface area contributed by atoms with Crippen LogP contribution in [-0.4, -0.2) is 22.7 Å². The zero-order valence-corrected chi connectivity index (χ0v) is 8.93. The summed E-state index contributed by atoms with van der Waals surface area (Å²) in [5.41, 5.74) is 0.112. The SMILES string of the molecule is CC(C)CCOc1ncccc1C(=O)O. The van der Waals surface area contributed by atoms with E-state index < -0.39 is 5.97 Å². The number of aromatic carboxylic acids is 1. The maximum absolute atomic E-state index is 10.8. The molecule has 1 aromatic heterocycles. The molecule has 0 amide bonds. The summed E-state index contributed by atoms with van der Waals surface area (Å²) in [4.78, 5) is 14.7. The number of ether oxygens (including phenoxy) is 1. The van der Waals surface area contributed by atoms with E-state index in [0.29, 0.717) is 12.5 Å². The van der Waals surface area contributed by atoms with Gasteiger partial charge in [0.2, 0.25) is 5.88 Å². The number of hydrogen-bond acceptors (Lipinski definition) is 3. The molecule has 0 aromatic carbocycles. The average Bonchev–Trinajstić information content (AvgIpc) is 2.17. The molecule has 82 valence electrons. The van der Waals surface area contributed by atoms with Crippen LogP contribution in [0.25, 0.3) is 0 Å². The van der Waals surface area contributed by atoms with E-state index >= 15 is 0 Å². The van der Waals surface area contributed by atoms with Crippen LogP contribution in [0.5, 0.6) is 5.88 Å². The van der Waals surface area contributed by atoms with Gasteiger partial charge < -0.3 is 9.84 Å². The second-order valence-electron chi connectivity index (χ2n) is 3.69. The predicted octanol–water partition coefficient (Wildman–Crippen LogP) is 2.20. The van der Waals surface area contributed by atoms with Crippen molar-refractivity contribution < 1.29 is 14.6 Å². The van der Waals surface area contributed by atoms with Gasteiger partial charge >= 0.3 is 5.97 Å². The van der Waals surface area contributed by atoms with Gasteiger partial charge in [-0.15, -0.1) is 0 Å². The highest BCUT2D eigenvalue weighted by Gasteiger charge is 2.11. The highest BCUT2D eigenvalue weighted by Crippen LogP contribution is 2.14. The predicted molar refractivity (Wildman–Crippen MR) is 56.1 cm³/mol. The number of carboxylic acid groups (broad SMARTS) is 1. The quantitative estimate of drug-likeness (QED) is 0.807. The van der Waals surface area contributed by atoms with Crippen molar-refractivity contribution in [3.8, 4) is 5.88 Å². The summed E-state index contributed by atoms with van der Waals surface area (Å²) in [6.45, 7) is 4.66. The second kappa shape index (κ2) is 5.34. The van der Waals surface area contributed by atoms with E-state index in [-0.39, 0.29) is 11.4 Å². The first-order valence-corrected chi connectivity index (χ1v) is 4.92. The van der Waals surface area contributed by atoms with Crippen LogP contribution in [0.3, 0.4) is 0 Å². The molecular weight excluding hydrogens is 194 g/mol. The third kappa shape index (κ3) is 3.58. The molecule has 1 rings (SSSR count). The van der Waals surface area contributed by atoms with Crippen molar-refractivity contribution in [3.63, 3.8) is 0 Å². The molecular formula is C11H15NO3. The molecule has 0 bridgehead atoms. The summed E-state index contributed by atoms with van der Waals surface area (Å²) in [6.07, 6.45) is 2.41. The van der Waals surface area contributed by atoms with Gasteiger partial charge in [-0.05, 0) is 24.5 Å². The summed E-state index contributed by atoms with van der Waals surface area (Å²) in [5.74, 6) is -0.282. The maximum atomic E-state index is 10.8. The van der Waals surface area contributed by atoms with Crippen LogP contribution in [0.4, 0.5) is 0 Å². The molecule has 0 unspecified atom stereocenters. The van der Waals surface area contributed by atoms with Gasteiger partial charge in [0.15, 0.2) is 0 Å². The first-order valence-electron chi connectivity index (χ1n) is 4.92. The van der Waals surface area contributed by atoms with E-state index in [1.165, 1.54) is 12.3 Å². The summed E-state index contributed by atoms with van der Waals surface area (Å²) < 4.78 is 5.32. The topological polar surface area (TPSA) is 59.4 Å². The van der Waals surface area contributed by atoms with E-state index in [4.69, 9.17) is 9.84 Å². The number of aromatic nitrogens is 1. The highest BCUT2D eigenvalue weighted by molar-refractivity contribution is 5.90. The first kappa shape index (κ1) is 11.5. The minimum atomic E-state index is -1.01. The van der Waals surface area contributed by atoms with Crippen molar-refractivity contribution in [3.05, 3.63) is 23.9 Å². The Bertz CT molecular complexity index is 336. The fourth-order valence-electron chi connectivity index (χ4n) is 1.06. The van der Waals surface area contributed by atoms with E-state index in [1.54, 1.807) is 6.07 Å². The first-order chi connectivity index (χ1) is 7.11. The third-order valence-corrected chi connectivity index (χ3v) is 1.94. The van der Waals surface area contributed by atoms with Crippen molar-refractivity contribution in [2.45, 2.75) is 20.3 Å². The van der Waals surface area contributed by atoms with Gasteiger partial charge in [-0.3, -0.25) is 0 Å². The van der Waals surface area contributed by atoms with Crippen molar-refractivity contribution in [1.29, 1.82) is 0 Å². The fraction of sp³-hybridized carbons (Fsp3) is 0.455. The van der Waals surface area contributed by atoms with Crippen LogP contribution >= 0.6 is 0 Å². The van der Waals surface area contributed by atoms with E-state index in [1.807, 2.05) is 0 Å². The molecule has 4 nitrogen and oxygen atoms in total. The molecule has 0 saturated heterocycles. The van der Waals surface area contributed by atoms with Crippen LogP contribution in [-0.2, 0) is 0 Å². The fourth-order valence-corrected chi connectivity index (χ4v) is 1.06. The summed E-state index contributed by atoms with van der Waals surface area (Å²) >= 11 is 0. The van der Waals surface area contributed by atoms with E-state index in [9.17, 15) is 4.79 Å². The number of nitrogens with zero attached hydrogens (tertiary/aromatic N) is 1. The van der Waals surface area contributed by atoms with Gasteiger partial charge in [0, 0.05) is 6.20 Å². The number of carboxylic acids is 1. The number of hydrogen-bond donors (Lipinski definition) is 1. The highest BCUT2D eigenvalue weighted by atomic mass is 16.5. The Kier molecular flexibility index (Phi) is 4.09. The Labute approximate surface area is 88.9 Å². The zero-order valence-electron chi connectivity index (χ0n) is 8.93. The number of carbonyl (C=O) groups is 1. The van der Waals surface area contributed by atoms with Crippen molar-refractivity contribution >= 4 is 5.97 Å². The molecule has 0 aliphatic heterocycles. The molecule has 0 atom stereocenters. The van der Waals surface area contributed by atoms with Crippen molar-refractivity contribution in [2.75, 3.05) is 6.61 Å². The van der Waals surface area contributed by atoms with Gasteiger partial charge in [-0.25, -0.2) is 9.78 Å². The summed E-state index contributed by atoms with van der Waals surface area (Å²) in [6, 6.07) is 3.07. The Hall–Kier alpha value is -1.58. The van der Waals surface area contributed by atoms with Gasteiger partial charge in [0.1, 0.15) is 5.56 Å². The Morgan fingerprint density at radius 3 is 2.93 bits per heavy atom. The molecule has 1 heterocycles. The summed E-state index contributed by atoms with van der Waals surface area (Å²) in [5, 5.41) is 8.85. The molecule has 4 heteroatoms. The van der Waals surface area contributed by atoms with Gasteiger partial charge in [0.05, 0.1) is 6.61 Å². The Morgan fingerprint density at radius 1 is 1.60 bits per heavy atom. The molecule has 0 spiro atoms. The zero-order chi connectivity index (χ0) is 11.3. The normalized spacial score (nSPS) is 10.3. The summed E-state index contributed by atoms with van der Waals surface area (Å²) in [7, 11) is 0. The lowest BCUT2D eigenvalue weighted by atomic mass is 10.1. The van der Waals surface area contributed by atoms with Crippen LogP contribution in [0.1, 0.15) is 30.6 Å². The van der Waals surface area contributed by atoms with Crippen LogP contribution in [0.2, 0.25) is 0 Å². The van der Waals surface area contributed by atoms with Crippen molar-refractivity contribution in [1.82, 2.24) is 4.98 Å². The molecule has 0 aliphatic rings. The molecule has 0 fully saturated rings. The molecule has 15 heavy (non-hydrogen) atoms. The third-order valence-electron chi connectivity index (χ3n) is 1.94. The number of pyridine rings is 1. The van der Waals surface area contributed by atoms with Gasteiger partial charge in [-0.1, -0.05) is 13.8 Å². The minimum Gasteiger partial charge on any atom is -0.477 e. The van der Waals surface area contributed by atoms with E-state index in [2.05, 4.69) is 18.8 Å². The standard InChI is InChI=1S/C11H15NO3/c1-8(2)5-7-15-10-9(11(13)14)4-3-6-12-10/h3-4,6,8H,5,7H2,1-2H3,(H,13,14). The molecule has 0 saturated carbocycles. The average molecular weight is 209 g/mol. The lowest BCUT2D eigenvalue weighted by Gasteiger charge is -2.08. The Morgan fingerprint density at radius 2 is 2.33 bits per heavy atom.